The molecule has 19 heavy (non-hydrogen) atoms. The lowest BCUT2D eigenvalue weighted by atomic mass is 10.2. The summed E-state index contributed by atoms with van der Waals surface area (Å²) in [6, 6.07) is 7.66. The smallest absolute Gasteiger partial charge is 0.187 e. The molecule has 1 rings (SSSR count). The number of nitrogens with zero attached hydrogens (tertiary/aromatic N) is 1. The quantitative estimate of drug-likeness (QED) is 0.343. The van der Waals surface area contributed by atoms with Gasteiger partial charge in [-0.2, -0.15) is 5.10 Å². The van der Waals surface area contributed by atoms with Crippen molar-refractivity contribution in [2.24, 2.45) is 5.10 Å². The Labute approximate surface area is 119 Å². The largest absolute Gasteiger partial charge is 0.494 e. The normalized spacial score (nSPS) is 10.4. The van der Waals surface area contributed by atoms with Gasteiger partial charge in [-0.25, -0.2) is 0 Å². The van der Waals surface area contributed by atoms with Gasteiger partial charge in [0.1, 0.15) is 5.75 Å². The van der Waals surface area contributed by atoms with E-state index in [2.05, 4.69) is 15.8 Å². The number of hydrazone groups is 1. The van der Waals surface area contributed by atoms with Gasteiger partial charge in [-0.3, -0.25) is 5.43 Å². The van der Waals surface area contributed by atoms with E-state index in [9.17, 15) is 0 Å². The third-order valence-corrected chi connectivity index (χ3v) is 2.40. The monoisotopic (exact) mass is 281 g/mol. The average molecular weight is 281 g/mol. The maximum atomic E-state index is 5.36. The number of ether oxygens (including phenoxy) is 2. The van der Waals surface area contributed by atoms with Gasteiger partial charge in [0.2, 0.25) is 0 Å². The molecule has 0 radical (unpaired) electrons. The molecule has 0 amide bonds. The van der Waals surface area contributed by atoms with Crippen molar-refractivity contribution in [3.63, 3.8) is 0 Å². The Morgan fingerprint density at radius 2 is 2.11 bits per heavy atom. The highest BCUT2D eigenvalue weighted by Gasteiger charge is 1.93. The summed E-state index contributed by atoms with van der Waals surface area (Å²) in [7, 11) is 1.64. The van der Waals surface area contributed by atoms with Crippen LogP contribution < -0.4 is 15.5 Å². The van der Waals surface area contributed by atoms with Crippen molar-refractivity contribution in [3.05, 3.63) is 29.8 Å². The van der Waals surface area contributed by atoms with Crippen molar-refractivity contribution < 1.29 is 9.47 Å². The summed E-state index contributed by atoms with van der Waals surface area (Å²) in [5.74, 6) is 0.851. The van der Waals surface area contributed by atoms with Gasteiger partial charge in [0.05, 0.1) is 19.4 Å². The van der Waals surface area contributed by atoms with Crippen LogP contribution in [0.4, 0.5) is 0 Å². The van der Waals surface area contributed by atoms with Crippen LogP contribution in [0.1, 0.15) is 12.5 Å². The molecule has 5 nitrogen and oxygen atoms in total. The predicted molar refractivity (Wildman–Crippen MR) is 80.8 cm³/mol. The van der Waals surface area contributed by atoms with Crippen molar-refractivity contribution in [3.8, 4) is 5.75 Å². The summed E-state index contributed by atoms with van der Waals surface area (Å²) < 4.78 is 10.3. The SMILES string of the molecule is CCOc1ccc(/C=N\NC(=S)NCCOC)cc1. The first-order valence-electron chi connectivity index (χ1n) is 6.05. The average Bonchev–Trinajstić information content (AvgIpc) is 2.41. The second-order valence-corrected chi connectivity index (χ2v) is 4.03. The first kappa shape index (κ1) is 15.4. The molecule has 0 aliphatic heterocycles. The lowest BCUT2D eigenvalue weighted by Crippen LogP contribution is -2.34. The standard InChI is InChI=1S/C13H19N3O2S/c1-3-18-12-6-4-11(5-7-12)10-15-16-13(19)14-8-9-17-2/h4-7,10H,3,8-9H2,1-2H3,(H2,14,16,19)/b15-10-. The molecular formula is C13H19N3O2S. The third kappa shape index (κ3) is 6.73. The fraction of sp³-hybridized carbons (Fsp3) is 0.385. The molecule has 0 aliphatic carbocycles. The Balaban J connectivity index is 2.33. The van der Waals surface area contributed by atoms with Crippen LogP contribution >= 0.6 is 12.2 Å². The van der Waals surface area contributed by atoms with E-state index in [1.54, 1.807) is 13.3 Å². The van der Waals surface area contributed by atoms with Gasteiger partial charge in [0, 0.05) is 13.7 Å². The lowest BCUT2D eigenvalue weighted by molar-refractivity contribution is 0.204. The highest BCUT2D eigenvalue weighted by molar-refractivity contribution is 7.80. The molecule has 0 atom stereocenters. The number of nitrogens with one attached hydrogen (secondary N) is 2. The zero-order valence-corrected chi connectivity index (χ0v) is 12.0. The number of hydrogen-bond donors (Lipinski definition) is 2. The van der Waals surface area contributed by atoms with E-state index in [1.807, 2.05) is 31.2 Å². The van der Waals surface area contributed by atoms with Crippen molar-refractivity contribution in [2.45, 2.75) is 6.92 Å². The van der Waals surface area contributed by atoms with Crippen molar-refractivity contribution >= 4 is 23.5 Å². The van der Waals surface area contributed by atoms with Crippen LogP contribution in [0, 0.1) is 0 Å². The van der Waals surface area contributed by atoms with Crippen LogP contribution in [0.15, 0.2) is 29.4 Å². The van der Waals surface area contributed by atoms with Gasteiger partial charge in [0.25, 0.3) is 0 Å². The van der Waals surface area contributed by atoms with Crippen LogP contribution in [0.25, 0.3) is 0 Å². The van der Waals surface area contributed by atoms with Gasteiger partial charge in [-0.1, -0.05) is 0 Å². The summed E-state index contributed by atoms with van der Waals surface area (Å²) in [6.45, 7) is 3.87. The molecule has 104 valence electrons. The number of thiocarbonyl (C=S) groups is 1. The predicted octanol–water partition coefficient (Wildman–Crippen LogP) is 1.53. The second-order valence-electron chi connectivity index (χ2n) is 3.62. The molecule has 0 saturated heterocycles. The number of rotatable bonds is 7. The van der Waals surface area contributed by atoms with E-state index >= 15 is 0 Å². The molecule has 0 unspecified atom stereocenters. The first-order chi connectivity index (χ1) is 9.26. The first-order valence-corrected chi connectivity index (χ1v) is 6.45. The van der Waals surface area contributed by atoms with Crippen molar-refractivity contribution in [1.29, 1.82) is 0 Å². The molecule has 0 spiro atoms. The Morgan fingerprint density at radius 3 is 2.74 bits per heavy atom. The van der Waals surface area contributed by atoms with E-state index in [1.165, 1.54) is 0 Å². The van der Waals surface area contributed by atoms with Crippen LogP contribution in [0.3, 0.4) is 0 Å². The van der Waals surface area contributed by atoms with Crippen LogP contribution in [-0.2, 0) is 4.74 Å². The third-order valence-electron chi connectivity index (χ3n) is 2.16. The van der Waals surface area contributed by atoms with Crippen LogP contribution in [0.2, 0.25) is 0 Å². The molecule has 2 N–H and O–H groups in total. The van der Waals surface area contributed by atoms with E-state index in [0.29, 0.717) is 24.9 Å². The number of hydrogen-bond acceptors (Lipinski definition) is 4. The van der Waals surface area contributed by atoms with Gasteiger partial charge < -0.3 is 14.8 Å². The Bertz CT molecular complexity index is 407. The van der Waals surface area contributed by atoms with E-state index in [-0.39, 0.29) is 0 Å². The summed E-state index contributed by atoms with van der Waals surface area (Å²) in [5, 5.41) is 7.46. The number of methoxy groups -OCH3 is 1. The molecule has 0 aromatic heterocycles. The van der Waals surface area contributed by atoms with Crippen molar-refractivity contribution in [1.82, 2.24) is 10.7 Å². The van der Waals surface area contributed by atoms with Gasteiger partial charge in [-0.15, -0.1) is 0 Å². The minimum atomic E-state index is 0.472. The zero-order chi connectivity index (χ0) is 13.9. The molecule has 0 heterocycles. The fourth-order valence-corrected chi connectivity index (χ4v) is 1.44. The second kappa shape index (κ2) is 9.29. The highest BCUT2D eigenvalue weighted by Crippen LogP contribution is 2.10. The molecule has 0 bridgehead atoms. The molecule has 0 fully saturated rings. The van der Waals surface area contributed by atoms with E-state index in [4.69, 9.17) is 21.7 Å². The molecule has 0 saturated carbocycles. The lowest BCUT2D eigenvalue weighted by Gasteiger charge is -2.05. The Morgan fingerprint density at radius 1 is 1.37 bits per heavy atom. The van der Waals surface area contributed by atoms with Gasteiger partial charge in [0.15, 0.2) is 5.11 Å². The van der Waals surface area contributed by atoms with E-state index < -0.39 is 0 Å². The van der Waals surface area contributed by atoms with Crippen LogP contribution in [0.5, 0.6) is 5.75 Å². The number of benzene rings is 1. The summed E-state index contributed by atoms with van der Waals surface area (Å²) in [4.78, 5) is 0. The molecule has 1 aromatic rings. The zero-order valence-electron chi connectivity index (χ0n) is 11.2. The molecule has 1 aromatic carbocycles. The Kier molecular flexibility index (Phi) is 7.53. The molecular weight excluding hydrogens is 262 g/mol. The highest BCUT2D eigenvalue weighted by atomic mass is 32.1. The fourth-order valence-electron chi connectivity index (χ4n) is 1.29. The Hall–Kier alpha value is -1.66. The molecule has 0 aliphatic rings. The minimum absolute atomic E-state index is 0.472. The van der Waals surface area contributed by atoms with Crippen molar-refractivity contribution in [2.75, 3.05) is 26.9 Å². The maximum Gasteiger partial charge on any atom is 0.187 e. The summed E-state index contributed by atoms with van der Waals surface area (Å²) >= 11 is 5.03. The minimum Gasteiger partial charge on any atom is -0.494 e. The maximum absolute atomic E-state index is 5.36. The van der Waals surface area contributed by atoms with Gasteiger partial charge in [-0.05, 0) is 49.0 Å². The van der Waals surface area contributed by atoms with Crippen LogP contribution in [-0.4, -0.2) is 38.2 Å². The molecule has 6 heteroatoms. The topological polar surface area (TPSA) is 54.9 Å². The van der Waals surface area contributed by atoms with Gasteiger partial charge >= 0.3 is 0 Å². The summed E-state index contributed by atoms with van der Waals surface area (Å²) in [5.41, 5.74) is 3.70. The summed E-state index contributed by atoms with van der Waals surface area (Å²) in [6.07, 6.45) is 1.69. The van der Waals surface area contributed by atoms with E-state index in [0.717, 1.165) is 11.3 Å².